The highest BCUT2D eigenvalue weighted by atomic mass is 15.3. The van der Waals surface area contributed by atoms with Crippen molar-refractivity contribution in [1.29, 1.82) is 5.26 Å². The first kappa shape index (κ1) is 5.76. The Morgan fingerprint density at radius 3 is 3.11 bits per heavy atom. The predicted octanol–water partition coefficient (Wildman–Crippen LogP) is 0.192. The van der Waals surface area contributed by atoms with Gasteiger partial charge in [0.15, 0.2) is 0 Å². The molecule has 4 heteroatoms. The van der Waals surface area contributed by atoms with Crippen molar-refractivity contribution >= 4 is 0 Å². The van der Waals surface area contributed by atoms with Crippen molar-refractivity contribution < 1.29 is 0 Å². The molecule has 1 aromatic rings. The zero-order valence-corrected chi connectivity index (χ0v) is 4.86. The van der Waals surface area contributed by atoms with Crippen LogP contribution in [0.25, 0.3) is 0 Å². The first-order valence-electron chi connectivity index (χ1n) is 2.63. The second-order valence-electron chi connectivity index (χ2n) is 1.57. The van der Waals surface area contributed by atoms with Gasteiger partial charge < -0.3 is 0 Å². The van der Waals surface area contributed by atoms with E-state index >= 15 is 0 Å². The maximum absolute atomic E-state index is 8.15. The highest BCUT2D eigenvalue weighted by Crippen LogP contribution is 1.82. The van der Waals surface area contributed by atoms with E-state index in [0.717, 1.165) is 0 Å². The summed E-state index contributed by atoms with van der Waals surface area (Å²) in [5.41, 5.74) is 0. The smallest absolute Gasteiger partial charge is 0.137 e. The summed E-state index contributed by atoms with van der Waals surface area (Å²) in [7, 11) is 0. The van der Waals surface area contributed by atoms with Gasteiger partial charge >= 0.3 is 0 Å². The molecule has 46 valence electrons. The standard InChI is InChI=1S/C5H6N4/c6-2-1-3-9-5-7-4-8-9/h4-5H,1,3H2. The molecule has 0 unspecified atom stereocenters. The number of nitriles is 1. The van der Waals surface area contributed by atoms with E-state index in [0.29, 0.717) is 13.0 Å². The van der Waals surface area contributed by atoms with Crippen molar-refractivity contribution in [2.24, 2.45) is 0 Å². The lowest BCUT2D eigenvalue weighted by Gasteiger charge is -1.89. The third kappa shape index (κ3) is 1.53. The van der Waals surface area contributed by atoms with Crippen molar-refractivity contribution in [3.05, 3.63) is 12.7 Å². The molecule has 0 aliphatic carbocycles. The fraction of sp³-hybridized carbons (Fsp3) is 0.400. The van der Waals surface area contributed by atoms with Crippen LogP contribution in [0.4, 0.5) is 0 Å². The lowest BCUT2D eigenvalue weighted by molar-refractivity contribution is 0.626. The maximum atomic E-state index is 8.15. The Bertz CT molecular complexity index is 195. The second-order valence-corrected chi connectivity index (χ2v) is 1.57. The van der Waals surface area contributed by atoms with E-state index in [2.05, 4.69) is 10.1 Å². The summed E-state index contributed by atoms with van der Waals surface area (Å²) in [6.45, 7) is 0.635. The fourth-order valence-corrected chi connectivity index (χ4v) is 0.513. The molecule has 0 atom stereocenters. The third-order valence-corrected chi connectivity index (χ3v) is 0.919. The normalized spacial score (nSPS) is 8.78. The Morgan fingerprint density at radius 1 is 1.67 bits per heavy atom. The van der Waals surface area contributed by atoms with Gasteiger partial charge in [-0.15, -0.1) is 0 Å². The van der Waals surface area contributed by atoms with E-state index in [-0.39, 0.29) is 0 Å². The van der Waals surface area contributed by atoms with Gasteiger partial charge in [0, 0.05) is 0 Å². The van der Waals surface area contributed by atoms with Crippen molar-refractivity contribution in [3.63, 3.8) is 0 Å². The van der Waals surface area contributed by atoms with Crippen LogP contribution in [0.1, 0.15) is 6.42 Å². The molecule has 9 heavy (non-hydrogen) atoms. The predicted molar refractivity (Wildman–Crippen MR) is 30.3 cm³/mol. The molecule has 0 aromatic carbocycles. The molecule has 0 saturated carbocycles. The summed E-state index contributed by atoms with van der Waals surface area (Å²) in [4.78, 5) is 3.72. The Labute approximate surface area is 52.7 Å². The topological polar surface area (TPSA) is 54.5 Å². The number of aromatic nitrogens is 3. The van der Waals surface area contributed by atoms with Crippen molar-refractivity contribution in [2.45, 2.75) is 13.0 Å². The van der Waals surface area contributed by atoms with E-state index in [1.165, 1.54) is 6.33 Å². The molecule has 0 aliphatic rings. The minimum atomic E-state index is 0.489. The van der Waals surface area contributed by atoms with Gasteiger partial charge in [0.25, 0.3) is 0 Å². The van der Waals surface area contributed by atoms with Crippen LogP contribution in [0.15, 0.2) is 12.7 Å². The molecule has 0 aliphatic heterocycles. The Hall–Kier alpha value is -1.37. The molecule has 0 N–H and O–H groups in total. The van der Waals surface area contributed by atoms with Crippen molar-refractivity contribution in [2.75, 3.05) is 0 Å². The minimum Gasteiger partial charge on any atom is -0.252 e. The van der Waals surface area contributed by atoms with E-state index < -0.39 is 0 Å². The van der Waals surface area contributed by atoms with Crippen LogP contribution < -0.4 is 0 Å². The number of hydrogen-bond donors (Lipinski definition) is 0. The van der Waals surface area contributed by atoms with Crippen LogP contribution >= 0.6 is 0 Å². The van der Waals surface area contributed by atoms with Gasteiger partial charge in [-0.1, -0.05) is 0 Å². The molecule has 0 fully saturated rings. The number of hydrogen-bond acceptors (Lipinski definition) is 3. The van der Waals surface area contributed by atoms with Crippen LogP contribution in [0.3, 0.4) is 0 Å². The van der Waals surface area contributed by atoms with Crippen molar-refractivity contribution in [3.8, 4) is 6.07 Å². The second kappa shape index (κ2) is 2.82. The maximum Gasteiger partial charge on any atom is 0.137 e. The molecular formula is C5H6N4. The summed E-state index contributed by atoms with van der Waals surface area (Å²) in [6.07, 6.45) is 3.54. The van der Waals surface area contributed by atoms with Gasteiger partial charge in [-0.05, 0) is 0 Å². The van der Waals surface area contributed by atoms with Gasteiger partial charge in [0.2, 0.25) is 0 Å². The van der Waals surface area contributed by atoms with Crippen LogP contribution in [0, 0.1) is 11.3 Å². The first-order valence-corrected chi connectivity index (χ1v) is 2.63. The fourth-order valence-electron chi connectivity index (χ4n) is 0.513. The summed E-state index contributed by atoms with van der Waals surface area (Å²) < 4.78 is 1.63. The zero-order valence-electron chi connectivity index (χ0n) is 4.86. The SMILES string of the molecule is N#CCCn1cncn1. The van der Waals surface area contributed by atoms with Gasteiger partial charge in [0.1, 0.15) is 12.7 Å². The van der Waals surface area contributed by atoms with E-state index in [1.807, 2.05) is 6.07 Å². The lowest BCUT2D eigenvalue weighted by atomic mass is 10.5. The molecule has 0 radical (unpaired) electrons. The summed E-state index contributed by atoms with van der Waals surface area (Å²) in [5, 5.41) is 12.0. The molecule has 4 nitrogen and oxygen atoms in total. The first-order chi connectivity index (χ1) is 4.43. The molecule has 1 rings (SSSR count). The zero-order chi connectivity index (χ0) is 6.53. The molecule has 1 aromatic heterocycles. The molecule has 0 saturated heterocycles. The molecule has 1 heterocycles. The summed E-state index contributed by atoms with van der Waals surface area (Å²) >= 11 is 0. The monoisotopic (exact) mass is 122 g/mol. The van der Waals surface area contributed by atoms with E-state index in [9.17, 15) is 0 Å². The van der Waals surface area contributed by atoms with E-state index in [4.69, 9.17) is 5.26 Å². The van der Waals surface area contributed by atoms with Crippen LogP contribution in [-0.4, -0.2) is 14.8 Å². The average Bonchev–Trinajstić information content (AvgIpc) is 2.34. The number of rotatable bonds is 2. The highest BCUT2D eigenvalue weighted by Gasteiger charge is 1.86. The molecule has 0 amide bonds. The largest absolute Gasteiger partial charge is 0.252 e. The third-order valence-electron chi connectivity index (χ3n) is 0.919. The summed E-state index contributed by atoms with van der Waals surface area (Å²) in [5.74, 6) is 0. The van der Waals surface area contributed by atoms with Crippen LogP contribution in [0.2, 0.25) is 0 Å². The van der Waals surface area contributed by atoms with Crippen molar-refractivity contribution in [1.82, 2.24) is 14.8 Å². The van der Waals surface area contributed by atoms with Crippen LogP contribution in [-0.2, 0) is 6.54 Å². The van der Waals surface area contributed by atoms with Gasteiger partial charge in [-0.3, -0.25) is 4.68 Å². The Kier molecular flexibility index (Phi) is 1.81. The molecule has 0 bridgehead atoms. The van der Waals surface area contributed by atoms with Gasteiger partial charge in [-0.2, -0.15) is 10.4 Å². The Morgan fingerprint density at radius 2 is 2.56 bits per heavy atom. The minimum absolute atomic E-state index is 0.489. The van der Waals surface area contributed by atoms with E-state index in [1.54, 1.807) is 11.0 Å². The lowest BCUT2D eigenvalue weighted by Crippen LogP contribution is -1.96. The quantitative estimate of drug-likeness (QED) is 0.562. The Balaban J connectivity index is 2.41. The number of nitrogens with zero attached hydrogens (tertiary/aromatic N) is 4. The van der Waals surface area contributed by atoms with Gasteiger partial charge in [0.05, 0.1) is 19.0 Å². The van der Waals surface area contributed by atoms with Gasteiger partial charge in [-0.25, -0.2) is 4.98 Å². The summed E-state index contributed by atoms with van der Waals surface area (Å²) in [6, 6.07) is 2.02. The average molecular weight is 122 g/mol. The highest BCUT2D eigenvalue weighted by molar-refractivity contribution is 4.69. The van der Waals surface area contributed by atoms with Crippen LogP contribution in [0.5, 0.6) is 0 Å². The number of aryl methyl sites for hydroxylation is 1. The molecular weight excluding hydrogens is 116 g/mol. The molecule has 0 spiro atoms.